The van der Waals surface area contributed by atoms with Crippen LogP contribution in [0.2, 0.25) is 0 Å². The molecule has 1 heterocycles. The number of fused-ring (bicyclic) bond motifs is 1. The van der Waals surface area contributed by atoms with E-state index >= 15 is 0 Å². The monoisotopic (exact) mass is 207 g/mol. The van der Waals surface area contributed by atoms with Crippen LogP contribution in [0.25, 0.3) is 0 Å². The highest BCUT2D eigenvalue weighted by Crippen LogP contribution is 2.48. The van der Waals surface area contributed by atoms with Crippen molar-refractivity contribution in [2.75, 3.05) is 0 Å². The predicted molar refractivity (Wildman–Crippen MR) is 57.2 cm³/mol. The summed E-state index contributed by atoms with van der Waals surface area (Å²) >= 11 is 0. The smallest absolute Gasteiger partial charge is 0.411 e. The summed E-state index contributed by atoms with van der Waals surface area (Å²) in [7, 11) is 0. The summed E-state index contributed by atoms with van der Waals surface area (Å²) in [5.74, 6) is 3.29. The molecule has 15 heavy (non-hydrogen) atoms. The second-order valence-corrected chi connectivity index (χ2v) is 5.37. The van der Waals surface area contributed by atoms with E-state index in [0.717, 1.165) is 12.8 Å². The topological polar surface area (TPSA) is 29.5 Å². The van der Waals surface area contributed by atoms with Crippen LogP contribution in [0, 0.1) is 18.3 Å². The van der Waals surface area contributed by atoms with E-state index in [1.807, 2.05) is 20.8 Å². The minimum Gasteiger partial charge on any atom is -0.444 e. The van der Waals surface area contributed by atoms with E-state index in [0.29, 0.717) is 12.0 Å². The minimum atomic E-state index is -0.441. The lowest BCUT2D eigenvalue weighted by molar-refractivity contribution is 0.0225. The first-order valence-electron chi connectivity index (χ1n) is 5.40. The van der Waals surface area contributed by atoms with Gasteiger partial charge in [0.2, 0.25) is 0 Å². The lowest BCUT2D eigenvalue weighted by Gasteiger charge is -2.28. The zero-order chi connectivity index (χ0) is 11.2. The molecular weight excluding hydrogens is 190 g/mol. The van der Waals surface area contributed by atoms with Gasteiger partial charge >= 0.3 is 6.09 Å². The maximum atomic E-state index is 11.9. The molecule has 3 nitrogen and oxygen atoms in total. The van der Waals surface area contributed by atoms with Gasteiger partial charge in [0.05, 0.1) is 6.04 Å². The molecule has 3 atom stereocenters. The molecule has 0 aromatic carbocycles. The number of terminal acetylenes is 1. The Kier molecular flexibility index (Phi) is 2.18. The molecule has 82 valence electrons. The van der Waals surface area contributed by atoms with Gasteiger partial charge in [-0.25, -0.2) is 4.79 Å². The van der Waals surface area contributed by atoms with E-state index in [1.165, 1.54) is 0 Å². The fourth-order valence-electron chi connectivity index (χ4n) is 2.18. The molecule has 0 spiro atoms. The third-order valence-electron chi connectivity index (χ3n) is 2.90. The maximum Gasteiger partial charge on any atom is 0.411 e. The molecule has 1 aliphatic heterocycles. The van der Waals surface area contributed by atoms with Crippen molar-refractivity contribution in [3.8, 4) is 12.3 Å². The fourth-order valence-corrected chi connectivity index (χ4v) is 2.18. The number of amides is 1. The van der Waals surface area contributed by atoms with E-state index in [-0.39, 0.29) is 12.1 Å². The summed E-state index contributed by atoms with van der Waals surface area (Å²) in [5.41, 5.74) is -0.441. The Balaban J connectivity index is 2.04. The predicted octanol–water partition coefficient (Wildman–Crippen LogP) is 2.02. The first-order chi connectivity index (χ1) is 6.92. The molecule has 0 N–H and O–H groups in total. The zero-order valence-corrected chi connectivity index (χ0v) is 9.49. The normalized spacial score (nSPS) is 33.2. The number of hydrogen-bond donors (Lipinski definition) is 0. The van der Waals surface area contributed by atoms with Gasteiger partial charge in [-0.2, -0.15) is 0 Å². The van der Waals surface area contributed by atoms with Gasteiger partial charge in [0, 0.05) is 6.04 Å². The van der Waals surface area contributed by atoms with Crippen molar-refractivity contribution in [2.24, 2.45) is 5.92 Å². The van der Waals surface area contributed by atoms with Crippen LogP contribution in [0.4, 0.5) is 4.79 Å². The Hall–Kier alpha value is -1.17. The van der Waals surface area contributed by atoms with E-state index in [9.17, 15) is 4.79 Å². The Morgan fingerprint density at radius 1 is 1.47 bits per heavy atom. The largest absolute Gasteiger partial charge is 0.444 e. The fraction of sp³-hybridized carbons (Fsp3) is 0.750. The Morgan fingerprint density at radius 3 is 2.67 bits per heavy atom. The molecular formula is C12H17NO2. The van der Waals surface area contributed by atoms with E-state index < -0.39 is 5.60 Å². The molecule has 0 aromatic rings. The van der Waals surface area contributed by atoms with Crippen molar-refractivity contribution in [3.05, 3.63) is 0 Å². The molecule has 3 heteroatoms. The van der Waals surface area contributed by atoms with E-state index in [1.54, 1.807) is 4.90 Å². The highest BCUT2D eigenvalue weighted by Gasteiger charge is 2.54. The molecule has 1 unspecified atom stereocenters. The Morgan fingerprint density at radius 2 is 2.13 bits per heavy atom. The van der Waals surface area contributed by atoms with E-state index in [2.05, 4.69) is 5.92 Å². The highest BCUT2D eigenvalue weighted by atomic mass is 16.6. The van der Waals surface area contributed by atoms with Crippen molar-refractivity contribution >= 4 is 6.09 Å². The first-order valence-corrected chi connectivity index (χ1v) is 5.40. The van der Waals surface area contributed by atoms with Gasteiger partial charge in [-0.3, -0.25) is 4.90 Å². The number of carbonyl (C=O) groups excluding carboxylic acids is 1. The molecule has 1 saturated heterocycles. The van der Waals surface area contributed by atoms with Crippen molar-refractivity contribution in [2.45, 2.75) is 51.3 Å². The first kappa shape index (κ1) is 10.4. The van der Waals surface area contributed by atoms with Crippen molar-refractivity contribution in [3.63, 3.8) is 0 Å². The molecule has 2 aliphatic rings. The third kappa shape index (κ3) is 1.94. The van der Waals surface area contributed by atoms with Crippen molar-refractivity contribution in [1.82, 2.24) is 4.90 Å². The van der Waals surface area contributed by atoms with Crippen LogP contribution in [0.3, 0.4) is 0 Å². The van der Waals surface area contributed by atoms with Crippen LogP contribution >= 0.6 is 0 Å². The average molecular weight is 207 g/mol. The van der Waals surface area contributed by atoms with E-state index in [4.69, 9.17) is 11.2 Å². The number of carbonyl (C=O) groups is 1. The molecule has 0 bridgehead atoms. The summed E-state index contributed by atoms with van der Waals surface area (Å²) in [6.45, 7) is 5.61. The van der Waals surface area contributed by atoms with Crippen LogP contribution in [0.1, 0.15) is 33.6 Å². The van der Waals surface area contributed by atoms with Crippen LogP contribution < -0.4 is 0 Å². The molecule has 1 amide bonds. The summed E-state index contributed by atoms with van der Waals surface area (Å²) < 4.78 is 5.34. The molecule has 0 aromatic heterocycles. The minimum absolute atomic E-state index is 0.0522. The standard InChI is InChI=1S/C12H17NO2/c1-5-9-6-8-7-10(8)13(9)11(14)15-12(2,3)4/h1,8-10H,6-7H2,2-4H3/t8-,9?,10+/m0/s1. The Labute approximate surface area is 90.8 Å². The molecule has 2 rings (SSSR count). The number of rotatable bonds is 0. The summed E-state index contributed by atoms with van der Waals surface area (Å²) in [4.78, 5) is 13.6. The second-order valence-electron chi connectivity index (χ2n) is 5.37. The van der Waals surface area contributed by atoms with Gasteiger partial charge in [-0.05, 0) is 39.5 Å². The number of likely N-dealkylation sites (tertiary alicyclic amines) is 1. The van der Waals surface area contributed by atoms with Crippen LogP contribution in [0.5, 0.6) is 0 Å². The number of piperidine rings is 1. The second kappa shape index (κ2) is 3.16. The van der Waals surface area contributed by atoms with Crippen molar-refractivity contribution in [1.29, 1.82) is 0 Å². The lowest BCUT2D eigenvalue weighted by atomic mass is 10.2. The van der Waals surface area contributed by atoms with Crippen LogP contribution in [-0.4, -0.2) is 28.7 Å². The third-order valence-corrected chi connectivity index (χ3v) is 2.90. The molecule has 1 aliphatic carbocycles. The van der Waals surface area contributed by atoms with Gasteiger partial charge in [0.1, 0.15) is 5.60 Å². The highest BCUT2D eigenvalue weighted by molar-refractivity contribution is 5.71. The van der Waals surface area contributed by atoms with Crippen LogP contribution in [0.15, 0.2) is 0 Å². The number of hydrogen-bond acceptors (Lipinski definition) is 2. The SMILES string of the molecule is C#CC1C[C@H]2C[C@H]2N1C(=O)OC(C)(C)C. The lowest BCUT2D eigenvalue weighted by Crippen LogP contribution is -2.41. The maximum absolute atomic E-state index is 11.9. The van der Waals surface area contributed by atoms with Gasteiger partial charge in [0.25, 0.3) is 0 Å². The molecule has 0 radical (unpaired) electrons. The molecule has 1 saturated carbocycles. The average Bonchev–Trinajstić information content (AvgIpc) is 2.73. The van der Waals surface area contributed by atoms with Crippen molar-refractivity contribution < 1.29 is 9.53 Å². The zero-order valence-electron chi connectivity index (χ0n) is 9.49. The Bertz CT molecular complexity index is 323. The summed E-state index contributed by atoms with van der Waals surface area (Å²) in [5, 5.41) is 0. The molecule has 2 fully saturated rings. The van der Waals surface area contributed by atoms with Gasteiger partial charge in [0.15, 0.2) is 0 Å². The van der Waals surface area contributed by atoms with Crippen LogP contribution in [-0.2, 0) is 4.74 Å². The van der Waals surface area contributed by atoms with Gasteiger partial charge in [-0.1, -0.05) is 5.92 Å². The number of nitrogens with zero attached hydrogens (tertiary/aromatic N) is 1. The number of ether oxygens (including phenoxy) is 1. The summed E-state index contributed by atoms with van der Waals surface area (Å²) in [6, 6.07) is 0.296. The van der Waals surface area contributed by atoms with Gasteiger partial charge < -0.3 is 4.74 Å². The quantitative estimate of drug-likeness (QED) is 0.569. The van der Waals surface area contributed by atoms with Gasteiger partial charge in [-0.15, -0.1) is 6.42 Å². The summed E-state index contributed by atoms with van der Waals surface area (Å²) in [6.07, 6.45) is 7.19.